The second-order valence-corrected chi connectivity index (χ2v) is 5.50. The molecule has 2 aromatic rings. The largest absolute Gasteiger partial charge is 0.452 e. The van der Waals surface area contributed by atoms with Crippen molar-refractivity contribution in [1.29, 1.82) is 0 Å². The highest BCUT2D eigenvalue weighted by atomic mass is 16.5. The summed E-state index contributed by atoms with van der Waals surface area (Å²) >= 11 is 0. The molecule has 0 unspecified atom stereocenters. The number of para-hydroxylation sites is 1. The molecule has 2 amide bonds. The smallest absolute Gasteiger partial charge is 0.331 e. The molecule has 1 aromatic carbocycles. The first kappa shape index (κ1) is 19.1. The van der Waals surface area contributed by atoms with Crippen LogP contribution in [0, 0.1) is 0 Å². The van der Waals surface area contributed by atoms with Gasteiger partial charge in [0, 0.05) is 18.0 Å². The second kappa shape index (κ2) is 9.93. The maximum absolute atomic E-state index is 11.7. The number of amides is 2. The third-order valence-electron chi connectivity index (χ3n) is 3.37. The molecule has 7 nitrogen and oxygen atoms in total. The van der Waals surface area contributed by atoms with Crippen LogP contribution in [0.1, 0.15) is 19.0 Å². The normalized spacial score (nSPS) is 10.7. The maximum atomic E-state index is 11.7. The minimum atomic E-state index is -0.662. The first-order valence-corrected chi connectivity index (χ1v) is 8.32. The van der Waals surface area contributed by atoms with Gasteiger partial charge in [-0.3, -0.25) is 9.59 Å². The molecule has 0 saturated heterocycles. The number of benzene rings is 1. The summed E-state index contributed by atoms with van der Waals surface area (Å²) < 4.78 is 4.83. The van der Waals surface area contributed by atoms with Gasteiger partial charge in [-0.15, -0.1) is 0 Å². The number of carbonyl (C=O) groups is 3. The Morgan fingerprint density at radius 3 is 2.69 bits per heavy atom. The molecule has 0 fully saturated rings. The van der Waals surface area contributed by atoms with Gasteiger partial charge in [-0.25, -0.2) is 9.78 Å². The third kappa shape index (κ3) is 6.35. The Morgan fingerprint density at radius 1 is 1.08 bits per heavy atom. The minimum absolute atomic E-state index is 0.146. The molecule has 136 valence electrons. The Kier molecular flexibility index (Phi) is 7.30. The van der Waals surface area contributed by atoms with E-state index in [0.29, 0.717) is 12.2 Å². The number of carbonyl (C=O) groups excluding carboxylic acids is 3. The van der Waals surface area contributed by atoms with Gasteiger partial charge in [0.2, 0.25) is 5.91 Å². The summed E-state index contributed by atoms with van der Waals surface area (Å²) in [6.07, 6.45) is 3.54. The van der Waals surface area contributed by atoms with Crippen molar-refractivity contribution in [1.82, 2.24) is 15.6 Å². The van der Waals surface area contributed by atoms with Crippen LogP contribution in [0.25, 0.3) is 17.0 Å². The lowest BCUT2D eigenvalue weighted by Gasteiger charge is -2.06. The van der Waals surface area contributed by atoms with E-state index >= 15 is 0 Å². The lowest BCUT2D eigenvalue weighted by molar-refractivity contribution is -0.143. The minimum Gasteiger partial charge on any atom is -0.452 e. The van der Waals surface area contributed by atoms with Crippen LogP contribution in [0.3, 0.4) is 0 Å². The molecule has 0 aliphatic rings. The van der Waals surface area contributed by atoms with E-state index in [0.717, 1.165) is 17.3 Å². The summed E-state index contributed by atoms with van der Waals surface area (Å²) in [7, 11) is 0. The van der Waals surface area contributed by atoms with E-state index in [1.807, 2.05) is 37.3 Å². The number of rotatable bonds is 8. The maximum Gasteiger partial charge on any atom is 0.331 e. The van der Waals surface area contributed by atoms with Crippen LogP contribution in [0.4, 0.5) is 0 Å². The van der Waals surface area contributed by atoms with Crippen LogP contribution in [0.5, 0.6) is 0 Å². The molecule has 2 rings (SSSR count). The van der Waals surface area contributed by atoms with Crippen molar-refractivity contribution in [2.75, 3.05) is 19.7 Å². The molecule has 1 aromatic heterocycles. The number of pyridine rings is 1. The highest BCUT2D eigenvalue weighted by molar-refractivity contribution is 5.90. The molecule has 0 aliphatic heterocycles. The number of nitrogens with one attached hydrogen (secondary N) is 2. The van der Waals surface area contributed by atoms with E-state index < -0.39 is 18.5 Å². The second-order valence-electron chi connectivity index (χ2n) is 5.50. The highest BCUT2D eigenvalue weighted by Crippen LogP contribution is 2.12. The fourth-order valence-electron chi connectivity index (χ4n) is 2.07. The summed E-state index contributed by atoms with van der Waals surface area (Å²) in [6, 6.07) is 11.3. The fourth-order valence-corrected chi connectivity index (χ4v) is 2.07. The summed E-state index contributed by atoms with van der Waals surface area (Å²) in [5.74, 6) is -1.48. The molecule has 2 N–H and O–H groups in total. The number of nitrogens with zero attached hydrogens (tertiary/aromatic N) is 1. The molecular weight excluding hydrogens is 334 g/mol. The highest BCUT2D eigenvalue weighted by Gasteiger charge is 2.07. The molecule has 26 heavy (non-hydrogen) atoms. The molecule has 0 aliphatic carbocycles. The first-order valence-electron chi connectivity index (χ1n) is 8.32. The number of ether oxygens (including phenoxy) is 1. The van der Waals surface area contributed by atoms with Crippen molar-refractivity contribution >= 4 is 34.8 Å². The van der Waals surface area contributed by atoms with E-state index in [2.05, 4.69) is 15.6 Å². The zero-order valence-electron chi connectivity index (χ0n) is 14.5. The lowest BCUT2D eigenvalue weighted by atomic mass is 10.2. The Labute approximate surface area is 151 Å². The van der Waals surface area contributed by atoms with Gasteiger partial charge < -0.3 is 15.4 Å². The van der Waals surface area contributed by atoms with Gasteiger partial charge >= 0.3 is 5.97 Å². The number of fused-ring (bicyclic) bond motifs is 1. The average molecular weight is 355 g/mol. The van der Waals surface area contributed by atoms with E-state index in [9.17, 15) is 14.4 Å². The summed E-state index contributed by atoms with van der Waals surface area (Å²) in [6.45, 7) is 1.89. The molecule has 0 bridgehead atoms. The quantitative estimate of drug-likeness (QED) is 0.551. The number of hydrogen-bond donors (Lipinski definition) is 2. The standard InChI is InChI=1S/C19H21N3O4/c1-2-11-20-17(23)12-21-18(24)13-26-19(25)10-9-15-8-7-14-5-3-4-6-16(14)22-15/h3-10H,2,11-13H2,1H3,(H,20,23)(H,21,24)/b10-9+. The van der Waals surface area contributed by atoms with Crippen LogP contribution >= 0.6 is 0 Å². The van der Waals surface area contributed by atoms with Gasteiger partial charge in [0.25, 0.3) is 5.91 Å². The Balaban J connectivity index is 1.76. The fraction of sp³-hybridized carbons (Fsp3) is 0.263. The van der Waals surface area contributed by atoms with Crippen LogP contribution in [0.15, 0.2) is 42.5 Å². The Bertz CT molecular complexity index is 817. The van der Waals surface area contributed by atoms with E-state index in [1.165, 1.54) is 12.2 Å². The monoisotopic (exact) mass is 355 g/mol. The number of esters is 1. The number of aromatic nitrogens is 1. The van der Waals surface area contributed by atoms with Crippen LogP contribution in [0.2, 0.25) is 0 Å². The predicted molar refractivity (Wildman–Crippen MR) is 98.0 cm³/mol. The molecular formula is C19H21N3O4. The lowest BCUT2D eigenvalue weighted by Crippen LogP contribution is -2.38. The zero-order valence-corrected chi connectivity index (χ0v) is 14.5. The van der Waals surface area contributed by atoms with Crippen molar-refractivity contribution in [3.05, 3.63) is 48.2 Å². The van der Waals surface area contributed by atoms with Gasteiger partial charge in [0.05, 0.1) is 17.8 Å². The Hall–Kier alpha value is -3.22. The van der Waals surface area contributed by atoms with E-state index in [1.54, 1.807) is 6.07 Å². The van der Waals surface area contributed by atoms with Crippen molar-refractivity contribution < 1.29 is 19.1 Å². The van der Waals surface area contributed by atoms with Crippen molar-refractivity contribution in [3.63, 3.8) is 0 Å². The molecule has 0 radical (unpaired) electrons. The summed E-state index contributed by atoms with van der Waals surface area (Å²) in [5, 5.41) is 6.01. The molecule has 0 saturated carbocycles. The SMILES string of the molecule is CCCNC(=O)CNC(=O)COC(=O)/C=C/c1ccc2ccccc2n1. The van der Waals surface area contributed by atoms with Gasteiger partial charge in [-0.1, -0.05) is 31.2 Å². The predicted octanol–water partition coefficient (Wildman–Crippen LogP) is 1.43. The van der Waals surface area contributed by atoms with Crippen LogP contribution in [-0.4, -0.2) is 42.5 Å². The third-order valence-corrected chi connectivity index (χ3v) is 3.37. The topological polar surface area (TPSA) is 97.4 Å². The van der Waals surface area contributed by atoms with Gasteiger partial charge in [0.1, 0.15) is 0 Å². The number of hydrogen-bond acceptors (Lipinski definition) is 5. The van der Waals surface area contributed by atoms with Crippen LogP contribution in [-0.2, 0) is 19.1 Å². The van der Waals surface area contributed by atoms with Gasteiger partial charge in [-0.2, -0.15) is 0 Å². The average Bonchev–Trinajstić information content (AvgIpc) is 2.67. The molecule has 1 heterocycles. The zero-order chi connectivity index (χ0) is 18.8. The van der Waals surface area contributed by atoms with Crippen molar-refractivity contribution in [2.45, 2.75) is 13.3 Å². The van der Waals surface area contributed by atoms with Crippen molar-refractivity contribution in [3.8, 4) is 0 Å². The van der Waals surface area contributed by atoms with E-state index in [4.69, 9.17) is 4.74 Å². The Morgan fingerprint density at radius 2 is 1.88 bits per heavy atom. The first-order chi connectivity index (χ1) is 12.6. The molecule has 7 heteroatoms. The molecule has 0 spiro atoms. The van der Waals surface area contributed by atoms with Crippen LogP contribution < -0.4 is 10.6 Å². The molecule has 0 atom stereocenters. The van der Waals surface area contributed by atoms with Gasteiger partial charge in [0.15, 0.2) is 6.61 Å². The van der Waals surface area contributed by atoms with Gasteiger partial charge in [-0.05, 0) is 24.6 Å². The summed E-state index contributed by atoms with van der Waals surface area (Å²) in [5.41, 5.74) is 1.43. The van der Waals surface area contributed by atoms with E-state index in [-0.39, 0.29) is 12.5 Å². The summed E-state index contributed by atoms with van der Waals surface area (Å²) in [4.78, 5) is 39.0. The van der Waals surface area contributed by atoms with Crippen molar-refractivity contribution in [2.24, 2.45) is 0 Å².